The van der Waals surface area contributed by atoms with E-state index in [-0.39, 0.29) is 36.2 Å². The maximum Gasteiger partial charge on any atom is 0.306 e. The quantitative estimate of drug-likeness (QED) is 0.572. The van der Waals surface area contributed by atoms with Crippen molar-refractivity contribution in [2.75, 3.05) is 5.32 Å². The summed E-state index contributed by atoms with van der Waals surface area (Å²) in [6.45, 7) is 4.49. The van der Waals surface area contributed by atoms with E-state index in [1.54, 1.807) is 0 Å². The van der Waals surface area contributed by atoms with Crippen molar-refractivity contribution in [2.24, 2.45) is 29.6 Å². The number of nitrogens with one attached hydrogen (secondary N) is 1. The van der Waals surface area contributed by atoms with Gasteiger partial charge in [-0.25, -0.2) is 4.98 Å². The highest BCUT2D eigenvalue weighted by Gasteiger charge is 2.52. The lowest BCUT2D eigenvalue weighted by atomic mass is 9.49. The number of ether oxygens (including phenoxy) is 1. The first-order valence-corrected chi connectivity index (χ1v) is 13.2. The summed E-state index contributed by atoms with van der Waals surface area (Å²) in [5.74, 6) is 3.53. The highest BCUT2D eigenvalue weighted by molar-refractivity contribution is 7.13. The van der Waals surface area contributed by atoms with E-state index >= 15 is 0 Å². The summed E-state index contributed by atoms with van der Waals surface area (Å²) in [7, 11) is 0. The summed E-state index contributed by atoms with van der Waals surface area (Å²) in [4.78, 5) is 29.5. The number of carbonyl (C=O) groups excluding carboxylic acids is 2. The predicted molar refractivity (Wildman–Crippen MR) is 122 cm³/mol. The third kappa shape index (κ3) is 4.55. The molecular formula is C25H36N2O3S. The van der Waals surface area contributed by atoms with Crippen LogP contribution in [0.1, 0.15) is 90.2 Å². The average Bonchev–Trinajstić information content (AvgIpc) is 3.18. The lowest BCUT2D eigenvalue weighted by molar-refractivity contribution is -0.152. The molecule has 31 heavy (non-hydrogen) atoms. The third-order valence-electron chi connectivity index (χ3n) is 8.74. The van der Waals surface area contributed by atoms with Crippen molar-refractivity contribution in [1.82, 2.24) is 4.98 Å². The van der Waals surface area contributed by atoms with Gasteiger partial charge in [-0.05, 0) is 87.4 Å². The second-order valence-corrected chi connectivity index (χ2v) is 12.0. The molecule has 0 aromatic carbocycles. The van der Waals surface area contributed by atoms with Crippen LogP contribution in [-0.2, 0) is 19.7 Å². The van der Waals surface area contributed by atoms with E-state index in [0.717, 1.165) is 37.0 Å². The summed E-state index contributed by atoms with van der Waals surface area (Å²) in [6.07, 6.45) is 11.4. The van der Waals surface area contributed by atoms with Gasteiger partial charge in [0, 0.05) is 17.2 Å². The van der Waals surface area contributed by atoms with E-state index in [0.29, 0.717) is 17.0 Å². The topological polar surface area (TPSA) is 68.3 Å². The minimum Gasteiger partial charge on any atom is -0.462 e. The lowest BCUT2D eigenvalue weighted by Crippen LogP contribution is -2.48. The molecule has 3 atom stereocenters. The van der Waals surface area contributed by atoms with Gasteiger partial charge in [0.25, 0.3) is 0 Å². The minimum absolute atomic E-state index is 0.0172. The normalized spacial score (nSPS) is 38.8. The highest BCUT2D eigenvalue weighted by atomic mass is 32.1. The molecule has 0 radical (unpaired) electrons. The first-order valence-electron chi connectivity index (χ1n) is 12.3. The van der Waals surface area contributed by atoms with Crippen LogP contribution in [0, 0.1) is 29.6 Å². The van der Waals surface area contributed by atoms with Crippen molar-refractivity contribution < 1.29 is 14.3 Å². The maximum absolute atomic E-state index is 12.4. The number of hydrogen-bond donors (Lipinski definition) is 1. The van der Waals surface area contributed by atoms with Gasteiger partial charge in [0.2, 0.25) is 5.91 Å². The molecule has 1 amide bonds. The molecule has 1 heterocycles. The molecule has 5 saturated carbocycles. The number of rotatable bonds is 6. The van der Waals surface area contributed by atoms with Crippen LogP contribution < -0.4 is 5.32 Å². The molecule has 5 fully saturated rings. The van der Waals surface area contributed by atoms with Crippen LogP contribution in [0.15, 0.2) is 5.38 Å². The van der Waals surface area contributed by atoms with Gasteiger partial charge in [-0.1, -0.05) is 13.8 Å². The molecule has 1 aromatic heterocycles. The molecule has 0 saturated heterocycles. The van der Waals surface area contributed by atoms with Gasteiger partial charge in [-0.3, -0.25) is 9.59 Å². The van der Waals surface area contributed by atoms with Crippen molar-refractivity contribution in [2.45, 2.75) is 96.0 Å². The molecule has 1 aromatic rings. The Morgan fingerprint density at radius 1 is 1.03 bits per heavy atom. The fourth-order valence-electron chi connectivity index (χ4n) is 7.25. The lowest BCUT2D eigenvalue weighted by Gasteiger charge is -2.56. The zero-order chi connectivity index (χ0) is 21.6. The Labute approximate surface area is 189 Å². The molecular weight excluding hydrogens is 408 g/mol. The largest absolute Gasteiger partial charge is 0.462 e. The van der Waals surface area contributed by atoms with Crippen LogP contribution in [0.25, 0.3) is 0 Å². The van der Waals surface area contributed by atoms with E-state index in [4.69, 9.17) is 9.72 Å². The maximum atomic E-state index is 12.4. The Bertz CT molecular complexity index is 799. The fourth-order valence-corrected chi connectivity index (χ4v) is 8.10. The molecule has 5 aliphatic rings. The number of anilines is 1. The van der Waals surface area contributed by atoms with E-state index in [1.165, 1.54) is 55.6 Å². The Morgan fingerprint density at radius 3 is 2.35 bits per heavy atom. The van der Waals surface area contributed by atoms with Gasteiger partial charge >= 0.3 is 5.97 Å². The summed E-state index contributed by atoms with van der Waals surface area (Å²) in [5, 5.41) is 5.78. The number of aromatic nitrogens is 1. The Kier molecular flexibility index (Phi) is 5.87. The van der Waals surface area contributed by atoms with Crippen molar-refractivity contribution >= 4 is 28.3 Å². The van der Waals surface area contributed by atoms with Crippen LogP contribution in [0.4, 0.5) is 5.13 Å². The van der Waals surface area contributed by atoms with Crippen LogP contribution in [0.2, 0.25) is 0 Å². The van der Waals surface area contributed by atoms with E-state index in [9.17, 15) is 9.59 Å². The summed E-state index contributed by atoms with van der Waals surface area (Å²) in [5.41, 5.74) is 1.46. The molecule has 5 nitrogen and oxygen atoms in total. The average molecular weight is 445 g/mol. The molecule has 0 aliphatic heterocycles. The van der Waals surface area contributed by atoms with E-state index < -0.39 is 0 Å². The molecule has 6 rings (SSSR count). The number of hydrogen-bond acceptors (Lipinski definition) is 5. The van der Waals surface area contributed by atoms with Crippen LogP contribution >= 0.6 is 11.3 Å². The van der Waals surface area contributed by atoms with Crippen LogP contribution in [-0.4, -0.2) is 23.0 Å². The summed E-state index contributed by atoms with van der Waals surface area (Å²) < 4.78 is 5.62. The highest BCUT2D eigenvalue weighted by Crippen LogP contribution is 2.60. The van der Waals surface area contributed by atoms with Crippen LogP contribution in [0.3, 0.4) is 0 Å². The van der Waals surface area contributed by atoms with Crippen molar-refractivity contribution in [3.8, 4) is 0 Å². The van der Waals surface area contributed by atoms with Gasteiger partial charge in [0.1, 0.15) is 6.10 Å². The smallest absolute Gasteiger partial charge is 0.306 e. The number of nitrogens with zero attached hydrogens (tertiary/aromatic N) is 1. The minimum atomic E-state index is -0.254. The van der Waals surface area contributed by atoms with Crippen molar-refractivity contribution in [1.29, 1.82) is 0 Å². The first kappa shape index (κ1) is 21.4. The molecule has 0 unspecified atom stereocenters. The molecule has 6 heteroatoms. The summed E-state index contributed by atoms with van der Waals surface area (Å²) in [6, 6.07) is 0. The Hall–Kier alpha value is -1.43. The van der Waals surface area contributed by atoms with Gasteiger partial charge in [0.15, 0.2) is 5.13 Å². The zero-order valence-corrected chi connectivity index (χ0v) is 19.7. The molecule has 4 bridgehead atoms. The number of carbonyl (C=O) groups is 2. The molecule has 170 valence electrons. The third-order valence-corrected chi connectivity index (χ3v) is 9.49. The van der Waals surface area contributed by atoms with E-state index in [2.05, 4.69) is 24.5 Å². The number of esters is 1. The second kappa shape index (κ2) is 8.49. The molecule has 5 aliphatic carbocycles. The van der Waals surface area contributed by atoms with Crippen molar-refractivity contribution in [3.05, 3.63) is 11.1 Å². The van der Waals surface area contributed by atoms with Gasteiger partial charge < -0.3 is 10.1 Å². The van der Waals surface area contributed by atoms with Crippen molar-refractivity contribution in [3.63, 3.8) is 0 Å². The molecule has 0 spiro atoms. The Balaban J connectivity index is 1.10. The first-order chi connectivity index (χ1) is 14.9. The molecule has 1 N–H and O–H groups in total. The SMILES string of the molecule is C[C@@H]1CC[C@H](OC(=O)CCC(=O)Nc2nc(C34CC5CC(CC(C5)C3)C4)cs2)C[C@@H]1C. The van der Waals surface area contributed by atoms with Crippen LogP contribution in [0.5, 0.6) is 0 Å². The van der Waals surface area contributed by atoms with Gasteiger partial charge in [0.05, 0.1) is 12.1 Å². The summed E-state index contributed by atoms with van der Waals surface area (Å²) >= 11 is 1.53. The number of amides is 1. The van der Waals surface area contributed by atoms with Gasteiger partial charge in [-0.2, -0.15) is 0 Å². The fraction of sp³-hybridized carbons (Fsp3) is 0.800. The Morgan fingerprint density at radius 2 is 1.71 bits per heavy atom. The predicted octanol–water partition coefficient (Wildman–Crippen LogP) is 5.70. The zero-order valence-electron chi connectivity index (χ0n) is 18.9. The van der Waals surface area contributed by atoms with E-state index in [1.807, 2.05) is 0 Å². The number of thiazole rings is 1. The monoisotopic (exact) mass is 444 g/mol. The standard InChI is InChI=1S/C25H36N2O3S/c1-15-3-4-20(7-16(15)2)30-23(29)6-5-22(28)27-24-26-21(14-31-24)25-11-17-8-18(12-25)10-19(9-17)13-25/h14-20H,3-13H2,1-2H3,(H,26,27,28)/t15-,16+,17?,18?,19?,20+,25?/m1/s1. The van der Waals surface area contributed by atoms with Gasteiger partial charge in [-0.15, -0.1) is 11.3 Å². The second-order valence-electron chi connectivity index (χ2n) is 11.2.